The zero-order valence-electron chi connectivity index (χ0n) is 15.0. The third-order valence-electron chi connectivity index (χ3n) is 4.33. The highest BCUT2D eigenvalue weighted by atomic mass is 16.5. The molecule has 0 aliphatic rings. The van der Waals surface area contributed by atoms with Gasteiger partial charge >= 0.3 is 5.97 Å². The summed E-state index contributed by atoms with van der Waals surface area (Å²) in [6.07, 6.45) is 0.0905. The largest absolute Gasteiger partial charge is 0.480 e. The Labute approximate surface area is 151 Å². The Hall–Kier alpha value is -2.58. The van der Waals surface area contributed by atoms with Crippen molar-refractivity contribution in [2.45, 2.75) is 38.0 Å². The highest BCUT2D eigenvalue weighted by molar-refractivity contribution is 6.30. The second-order valence-corrected chi connectivity index (χ2v) is 6.20. The molecular formula is C18H24N2O6. The lowest BCUT2D eigenvalue weighted by Gasteiger charge is -2.37. The monoisotopic (exact) mass is 364 g/mol. The van der Waals surface area contributed by atoms with E-state index in [9.17, 15) is 24.3 Å². The van der Waals surface area contributed by atoms with Crippen molar-refractivity contribution in [3.05, 3.63) is 35.9 Å². The molecule has 142 valence electrons. The number of ketones is 1. The number of nitrogens with one attached hydrogen (secondary N) is 1. The van der Waals surface area contributed by atoms with Gasteiger partial charge in [-0.3, -0.25) is 14.4 Å². The molecule has 1 rings (SSSR count). The van der Waals surface area contributed by atoms with Crippen molar-refractivity contribution in [3.63, 3.8) is 0 Å². The van der Waals surface area contributed by atoms with Gasteiger partial charge in [-0.25, -0.2) is 4.79 Å². The number of aliphatic carboxylic acids is 1. The Morgan fingerprint density at radius 2 is 1.85 bits per heavy atom. The molecule has 0 fully saturated rings. The number of rotatable bonds is 10. The summed E-state index contributed by atoms with van der Waals surface area (Å²) >= 11 is 0. The van der Waals surface area contributed by atoms with Gasteiger partial charge in [0.1, 0.15) is 12.1 Å². The fraction of sp³-hybridized carbons (Fsp3) is 0.444. The van der Waals surface area contributed by atoms with Crippen LogP contribution in [0.3, 0.4) is 0 Å². The van der Waals surface area contributed by atoms with Gasteiger partial charge in [0.05, 0.1) is 0 Å². The summed E-state index contributed by atoms with van der Waals surface area (Å²) in [7, 11) is 1.17. The number of nitrogens with two attached hydrogens (primary N) is 1. The molecule has 0 aromatic heterocycles. The second kappa shape index (κ2) is 9.21. The molecule has 0 bridgehead atoms. The number of hydrogen-bond donors (Lipinski definition) is 3. The molecule has 0 spiro atoms. The SMILES string of the molecule is COC(C(=O)C=O)(C(C)C)[C@H](N)C(=O)N[C@@H](Cc1ccccc1)C(=O)O. The summed E-state index contributed by atoms with van der Waals surface area (Å²) < 4.78 is 5.18. The molecule has 1 aromatic carbocycles. The topological polar surface area (TPSA) is 136 Å². The fourth-order valence-corrected chi connectivity index (χ4v) is 2.86. The van der Waals surface area contributed by atoms with Crippen molar-refractivity contribution in [1.29, 1.82) is 0 Å². The van der Waals surface area contributed by atoms with Gasteiger partial charge in [0.2, 0.25) is 11.7 Å². The molecular weight excluding hydrogens is 340 g/mol. The molecule has 0 saturated carbocycles. The minimum Gasteiger partial charge on any atom is -0.480 e. The first-order valence-corrected chi connectivity index (χ1v) is 8.08. The summed E-state index contributed by atoms with van der Waals surface area (Å²) in [5.74, 6) is -3.71. The zero-order chi connectivity index (χ0) is 19.9. The van der Waals surface area contributed by atoms with Gasteiger partial charge < -0.3 is 20.9 Å². The average molecular weight is 364 g/mol. The number of Topliss-reactive ketones (excluding diaryl/α,β-unsaturated/α-hetero) is 1. The molecule has 0 radical (unpaired) electrons. The van der Waals surface area contributed by atoms with Crippen LogP contribution in [0.5, 0.6) is 0 Å². The molecule has 4 N–H and O–H groups in total. The molecule has 8 nitrogen and oxygen atoms in total. The number of benzene rings is 1. The molecule has 0 aliphatic heterocycles. The van der Waals surface area contributed by atoms with Gasteiger partial charge in [0.25, 0.3) is 0 Å². The van der Waals surface area contributed by atoms with Crippen LogP contribution in [0.4, 0.5) is 0 Å². The molecule has 0 heterocycles. The zero-order valence-corrected chi connectivity index (χ0v) is 15.0. The van der Waals surface area contributed by atoms with Crippen LogP contribution in [-0.2, 0) is 30.3 Å². The minimum absolute atomic E-state index is 0.0396. The third kappa shape index (κ3) is 4.53. The number of carbonyl (C=O) groups excluding carboxylic acids is 3. The van der Waals surface area contributed by atoms with Crippen molar-refractivity contribution in [2.24, 2.45) is 11.7 Å². The first kappa shape index (κ1) is 21.5. The molecule has 0 aliphatic carbocycles. The quantitative estimate of drug-likeness (QED) is 0.391. The number of carbonyl (C=O) groups is 4. The number of carboxylic acid groups (broad SMARTS) is 1. The maximum atomic E-state index is 12.5. The van der Waals surface area contributed by atoms with Crippen molar-refractivity contribution in [3.8, 4) is 0 Å². The van der Waals surface area contributed by atoms with Crippen molar-refractivity contribution >= 4 is 23.9 Å². The van der Waals surface area contributed by atoms with Gasteiger partial charge in [-0.2, -0.15) is 0 Å². The predicted molar refractivity (Wildman–Crippen MR) is 93.3 cm³/mol. The van der Waals surface area contributed by atoms with Crippen LogP contribution < -0.4 is 11.1 Å². The van der Waals surface area contributed by atoms with Crippen molar-refractivity contribution in [2.75, 3.05) is 7.11 Å². The van der Waals surface area contributed by atoms with E-state index in [1.54, 1.807) is 44.2 Å². The highest BCUT2D eigenvalue weighted by Crippen LogP contribution is 2.25. The first-order chi connectivity index (χ1) is 12.2. The van der Waals surface area contributed by atoms with Crippen LogP contribution in [0.15, 0.2) is 30.3 Å². The third-order valence-corrected chi connectivity index (χ3v) is 4.33. The number of methoxy groups -OCH3 is 1. The number of amides is 1. The Morgan fingerprint density at radius 3 is 2.27 bits per heavy atom. The fourth-order valence-electron chi connectivity index (χ4n) is 2.86. The first-order valence-electron chi connectivity index (χ1n) is 8.08. The number of hydrogen-bond acceptors (Lipinski definition) is 6. The van der Waals surface area contributed by atoms with Gasteiger partial charge in [0, 0.05) is 13.5 Å². The van der Waals surface area contributed by atoms with Gasteiger partial charge in [0.15, 0.2) is 11.9 Å². The van der Waals surface area contributed by atoms with Crippen LogP contribution in [0.2, 0.25) is 0 Å². The van der Waals surface area contributed by atoms with E-state index >= 15 is 0 Å². The van der Waals surface area contributed by atoms with E-state index in [1.807, 2.05) is 0 Å². The maximum Gasteiger partial charge on any atom is 0.326 e. The number of ether oxygens (including phenoxy) is 1. The normalized spacial score (nSPS) is 15.6. The average Bonchev–Trinajstić information content (AvgIpc) is 2.62. The lowest BCUT2D eigenvalue weighted by molar-refractivity contribution is -0.158. The number of aldehydes is 1. The molecule has 26 heavy (non-hydrogen) atoms. The van der Waals surface area contributed by atoms with E-state index < -0.39 is 41.3 Å². The van der Waals surface area contributed by atoms with E-state index in [0.717, 1.165) is 0 Å². The van der Waals surface area contributed by atoms with Crippen molar-refractivity contribution in [1.82, 2.24) is 5.32 Å². The van der Waals surface area contributed by atoms with Gasteiger partial charge in [-0.15, -0.1) is 0 Å². The standard InChI is InChI=1S/C18H24N2O6/c1-11(2)18(26-3,14(22)10-21)15(19)16(23)20-13(17(24)25)9-12-7-5-4-6-8-12/h4-8,10-11,13,15H,9,19H2,1-3H3,(H,20,23)(H,24,25)/t13-,15+,18?/m0/s1. The molecule has 1 amide bonds. The second-order valence-electron chi connectivity index (χ2n) is 6.20. The van der Waals surface area contributed by atoms with E-state index in [1.165, 1.54) is 7.11 Å². The Kier molecular flexibility index (Phi) is 7.60. The Bertz CT molecular complexity index is 661. The van der Waals surface area contributed by atoms with Crippen LogP contribution >= 0.6 is 0 Å². The van der Waals surface area contributed by atoms with Crippen LogP contribution in [0.1, 0.15) is 19.4 Å². The van der Waals surface area contributed by atoms with Crippen LogP contribution in [-0.4, -0.2) is 53.8 Å². The summed E-state index contributed by atoms with van der Waals surface area (Å²) in [5.41, 5.74) is 4.75. The molecule has 8 heteroatoms. The lowest BCUT2D eigenvalue weighted by atomic mass is 9.79. The van der Waals surface area contributed by atoms with E-state index in [2.05, 4.69) is 5.32 Å². The minimum atomic E-state index is -1.87. The lowest BCUT2D eigenvalue weighted by Crippen LogP contribution is -2.66. The Balaban J connectivity index is 3.05. The van der Waals surface area contributed by atoms with Gasteiger partial charge in [-0.05, 0) is 11.5 Å². The van der Waals surface area contributed by atoms with E-state index in [-0.39, 0.29) is 12.7 Å². The van der Waals surface area contributed by atoms with E-state index in [0.29, 0.717) is 5.56 Å². The summed E-state index contributed by atoms with van der Waals surface area (Å²) in [6.45, 7) is 3.16. The predicted octanol–water partition coefficient (Wildman–Crippen LogP) is -0.0650. The molecule has 0 saturated heterocycles. The maximum absolute atomic E-state index is 12.5. The smallest absolute Gasteiger partial charge is 0.326 e. The Morgan fingerprint density at radius 1 is 1.27 bits per heavy atom. The van der Waals surface area contributed by atoms with Crippen LogP contribution in [0, 0.1) is 5.92 Å². The summed E-state index contributed by atoms with van der Waals surface area (Å²) in [4.78, 5) is 47.1. The van der Waals surface area contributed by atoms with Crippen molar-refractivity contribution < 1.29 is 29.0 Å². The molecule has 3 atom stereocenters. The molecule has 1 aromatic rings. The van der Waals surface area contributed by atoms with Gasteiger partial charge in [-0.1, -0.05) is 44.2 Å². The highest BCUT2D eigenvalue weighted by Gasteiger charge is 2.50. The van der Waals surface area contributed by atoms with Crippen LogP contribution in [0.25, 0.3) is 0 Å². The summed E-state index contributed by atoms with van der Waals surface area (Å²) in [6, 6.07) is 5.94. The van der Waals surface area contributed by atoms with E-state index in [4.69, 9.17) is 10.5 Å². The number of carboxylic acids is 1. The molecule has 1 unspecified atom stereocenters. The summed E-state index contributed by atoms with van der Waals surface area (Å²) in [5, 5.41) is 11.7.